The van der Waals surface area contributed by atoms with Crippen molar-refractivity contribution >= 4 is 21.9 Å². The molecule has 0 atom stereocenters. The molecule has 1 amide bonds. The summed E-state index contributed by atoms with van der Waals surface area (Å²) in [6, 6.07) is 4.05. The molecule has 26 heavy (non-hydrogen) atoms. The number of carbonyl (C=O) groups is 2. The molecule has 2 rings (SSSR count). The second kappa shape index (κ2) is 8.47. The summed E-state index contributed by atoms with van der Waals surface area (Å²) in [5.41, 5.74) is 0.0840. The molecule has 9 nitrogen and oxygen atoms in total. The lowest BCUT2D eigenvalue weighted by molar-refractivity contribution is -0.137. The summed E-state index contributed by atoms with van der Waals surface area (Å²) in [5, 5.41) is 8.92. The fraction of sp³-hybridized carbons (Fsp3) is 0.500. The first-order valence-corrected chi connectivity index (χ1v) is 9.52. The number of sulfonamides is 1. The molecule has 1 aromatic carbocycles. The molecule has 1 N–H and O–H groups in total. The zero-order valence-electron chi connectivity index (χ0n) is 14.7. The van der Waals surface area contributed by atoms with Gasteiger partial charge in [-0.1, -0.05) is 0 Å². The lowest BCUT2D eigenvalue weighted by atomic mass is 10.2. The van der Waals surface area contributed by atoms with E-state index in [4.69, 9.17) is 14.6 Å². The van der Waals surface area contributed by atoms with Gasteiger partial charge in [-0.25, -0.2) is 8.42 Å². The zero-order chi connectivity index (χ0) is 19.3. The van der Waals surface area contributed by atoms with Crippen LogP contribution in [0.5, 0.6) is 5.75 Å². The number of hydrogen-bond donors (Lipinski definition) is 1. The highest BCUT2D eigenvalue weighted by atomic mass is 32.2. The van der Waals surface area contributed by atoms with Crippen LogP contribution in [0.15, 0.2) is 23.1 Å². The number of carbonyl (C=O) groups excluding carboxylic acids is 1. The van der Waals surface area contributed by atoms with Crippen LogP contribution in [-0.2, 0) is 19.6 Å². The van der Waals surface area contributed by atoms with E-state index >= 15 is 0 Å². The first-order chi connectivity index (χ1) is 12.3. The number of hydrogen-bond acceptors (Lipinski definition) is 6. The number of benzene rings is 1. The summed E-state index contributed by atoms with van der Waals surface area (Å²) >= 11 is 0. The van der Waals surface area contributed by atoms with Gasteiger partial charge in [-0.2, -0.15) is 4.31 Å². The Morgan fingerprint density at radius 1 is 1.31 bits per heavy atom. The van der Waals surface area contributed by atoms with Crippen LogP contribution in [0.25, 0.3) is 0 Å². The van der Waals surface area contributed by atoms with Gasteiger partial charge >= 0.3 is 5.97 Å². The van der Waals surface area contributed by atoms with Gasteiger partial charge in [-0.3, -0.25) is 9.59 Å². The Balaban J connectivity index is 2.42. The van der Waals surface area contributed by atoms with E-state index in [2.05, 4.69) is 0 Å². The molecular formula is C16H22N2O7S. The lowest BCUT2D eigenvalue weighted by Crippen LogP contribution is -2.41. The Kier molecular flexibility index (Phi) is 6.57. The molecule has 0 aromatic heterocycles. The zero-order valence-corrected chi connectivity index (χ0v) is 15.5. The molecule has 10 heteroatoms. The second-order valence-electron chi connectivity index (χ2n) is 5.60. The van der Waals surface area contributed by atoms with Crippen LogP contribution in [0.1, 0.15) is 17.3 Å². The molecule has 1 aliphatic rings. The summed E-state index contributed by atoms with van der Waals surface area (Å²) in [7, 11) is -2.53. The molecule has 1 heterocycles. The van der Waals surface area contributed by atoms with Crippen molar-refractivity contribution in [3.05, 3.63) is 23.8 Å². The highest BCUT2D eigenvalue weighted by molar-refractivity contribution is 7.89. The van der Waals surface area contributed by atoms with E-state index in [1.807, 2.05) is 0 Å². The van der Waals surface area contributed by atoms with Crippen molar-refractivity contribution < 1.29 is 32.6 Å². The molecule has 1 fully saturated rings. The number of amides is 1. The smallest absolute Gasteiger partial charge is 0.323 e. The Morgan fingerprint density at radius 2 is 1.96 bits per heavy atom. The summed E-state index contributed by atoms with van der Waals surface area (Å²) < 4.78 is 37.5. The molecule has 0 unspecified atom stereocenters. The van der Waals surface area contributed by atoms with Crippen LogP contribution in [0, 0.1) is 0 Å². The van der Waals surface area contributed by atoms with E-state index < -0.39 is 28.4 Å². The number of ether oxygens (including phenoxy) is 2. The predicted octanol–water partition coefficient (Wildman–Crippen LogP) is 0.263. The van der Waals surface area contributed by atoms with Crippen molar-refractivity contribution in [3.8, 4) is 5.75 Å². The van der Waals surface area contributed by atoms with Gasteiger partial charge in [-0.15, -0.1) is 0 Å². The van der Waals surface area contributed by atoms with E-state index in [1.54, 1.807) is 6.92 Å². The fourth-order valence-electron chi connectivity index (χ4n) is 2.61. The van der Waals surface area contributed by atoms with Gasteiger partial charge < -0.3 is 19.5 Å². The van der Waals surface area contributed by atoms with Crippen LogP contribution < -0.4 is 4.74 Å². The number of carboxylic acid groups (broad SMARTS) is 1. The summed E-state index contributed by atoms with van der Waals surface area (Å²) in [6.07, 6.45) is 0. The maximum atomic E-state index is 12.9. The molecule has 1 aliphatic heterocycles. The van der Waals surface area contributed by atoms with Crippen LogP contribution in [-0.4, -0.2) is 81.1 Å². The van der Waals surface area contributed by atoms with Crippen LogP contribution in [0.2, 0.25) is 0 Å². The monoisotopic (exact) mass is 386 g/mol. The third-order valence-electron chi connectivity index (χ3n) is 3.99. The number of rotatable bonds is 7. The topological polar surface area (TPSA) is 113 Å². The van der Waals surface area contributed by atoms with Crippen molar-refractivity contribution in [2.24, 2.45) is 0 Å². The van der Waals surface area contributed by atoms with Crippen LogP contribution in [0.3, 0.4) is 0 Å². The number of likely N-dealkylation sites (N-methyl/N-ethyl adjacent to an activating group) is 1. The van der Waals surface area contributed by atoms with E-state index in [9.17, 15) is 18.0 Å². The van der Waals surface area contributed by atoms with E-state index in [1.165, 1.54) is 29.6 Å². The van der Waals surface area contributed by atoms with Crippen molar-refractivity contribution in [1.82, 2.24) is 9.21 Å². The van der Waals surface area contributed by atoms with Crippen LogP contribution >= 0.6 is 0 Å². The number of aliphatic carboxylic acids is 1. The molecule has 0 aliphatic carbocycles. The molecule has 0 bridgehead atoms. The van der Waals surface area contributed by atoms with Gasteiger partial charge in [-0.05, 0) is 25.1 Å². The Bertz CT molecular complexity index is 773. The predicted molar refractivity (Wildman–Crippen MR) is 91.8 cm³/mol. The average Bonchev–Trinajstić information content (AvgIpc) is 2.65. The number of carboxylic acids is 1. The summed E-state index contributed by atoms with van der Waals surface area (Å²) in [5.74, 6) is -1.58. The Morgan fingerprint density at radius 3 is 2.50 bits per heavy atom. The molecule has 0 spiro atoms. The number of morpholine rings is 1. The van der Waals surface area contributed by atoms with Crippen molar-refractivity contribution in [2.45, 2.75) is 11.8 Å². The third-order valence-corrected chi connectivity index (χ3v) is 5.91. The largest absolute Gasteiger partial charge is 0.495 e. The first-order valence-electron chi connectivity index (χ1n) is 8.08. The van der Waals surface area contributed by atoms with E-state index in [0.717, 1.165) is 4.90 Å². The maximum absolute atomic E-state index is 12.9. The van der Waals surface area contributed by atoms with Gasteiger partial charge in [0.05, 0.1) is 20.3 Å². The van der Waals surface area contributed by atoms with Crippen molar-refractivity contribution in [3.63, 3.8) is 0 Å². The molecule has 1 aromatic rings. The van der Waals surface area contributed by atoms with Gasteiger partial charge in [0.1, 0.15) is 17.2 Å². The van der Waals surface area contributed by atoms with Gasteiger partial charge in [0.15, 0.2) is 0 Å². The third kappa shape index (κ3) is 4.32. The second-order valence-corrected chi connectivity index (χ2v) is 7.50. The average molecular weight is 386 g/mol. The minimum absolute atomic E-state index is 0.0840. The SMILES string of the molecule is CCN(CC(=O)O)C(=O)c1ccc(OC)c(S(=O)(=O)N2CCOCC2)c1. The molecule has 1 saturated heterocycles. The highest BCUT2D eigenvalue weighted by Crippen LogP contribution is 2.28. The quantitative estimate of drug-likeness (QED) is 0.715. The lowest BCUT2D eigenvalue weighted by Gasteiger charge is -2.27. The Hall–Kier alpha value is -2.17. The Labute approximate surface area is 152 Å². The molecule has 0 saturated carbocycles. The standard InChI is InChI=1S/C16H22N2O7S/c1-3-17(11-15(19)20)16(21)12-4-5-13(24-2)14(10-12)26(22,23)18-6-8-25-9-7-18/h4-5,10H,3,6-9,11H2,1-2H3,(H,19,20). The first kappa shape index (κ1) is 20.1. The van der Waals surface area contributed by atoms with Gasteiger partial charge in [0, 0.05) is 25.2 Å². The van der Waals surface area contributed by atoms with Crippen molar-refractivity contribution in [2.75, 3.05) is 46.5 Å². The number of nitrogens with zero attached hydrogens (tertiary/aromatic N) is 2. The maximum Gasteiger partial charge on any atom is 0.323 e. The van der Waals surface area contributed by atoms with E-state index in [-0.39, 0.29) is 35.8 Å². The minimum atomic E-state index is -3.88. The molecular weight excluding hydrogens is 364 g/mol. The summed E-state index contributed by atoms with van der Waals surface area (Å²) in [4.78, 5) is 24.5. The number of methoxy groups -OCH3 is 1. The fourth-order valence-corrected chi connectivity index (χ4v) is 4.20. The normalized spacial score (nSPS) is 15.5. The van der Waals surface area contributed by atoms with Gasteiger partial charge in [0.2, 0.25) is 10.0 Å². The van der Waals surface area contributed by atoms with Crippen LogP contribution in [0.4, 0.5) is 0 Å². The molecule has 144 valence electrons. The minimum Gasteiger partial charge on any atom is -0.495 e. The highest BCUT2D eigenvalue weighted by Gasteiger charge is 2.30. The van der Waals surface area contributed by atoms with Gasteiger partial charge in [0.25, 0.3) is 5.91 Å². The molecule has 0 radical (unpaired) electrons. The van der Waals surface area contributed by atoms with E-state index in [0.29, 0.717) is 13.2 Å². The van der Waals surface area contributed by atoms with Crippen molar-refractivity contribution in [1.29, 1.82) is 0 Å². The summed E-state index contributed by atoms with van der Waals surface area (Å²) in [6.45, 7) is 2.38.